The number of fused-ring (bicyclic) bond motifs is 5. The molecule has 6 unspecified atom stereocenters. The predicted molar refractivity (Wildman–Crippen MR) is 162 cm³/mol. The molecule has 4 aliphatic carbocycles. The number of carbonyl (C=O) groups excluding carboxylic acids is 2. The Bertz CT molecular complexity index is 1170. The maximum Gasteiger partial charge on any atom is 0.224 e. The number of carbonyl (C=O) groups is 2. The van der Waals surface area contributed by atoms with Gasteiger partial charge in [0.1, 0.15) is 0 Å². The fourth-order valence-corrected chi connectivity index (χ4v) is 10.0. The van der Waals surface area contributed by atoms with Crippen molar-refractivity contribution in [1.82, 2.24) is 10.6 Å². The van der Waals surface area contributed by atoms with Crippen LogP contribution in [0.4, 0.5) is 0 Å². The van der Waals surface area contributed by atoms with E-state index in [-0.39, 0.29) is 33.5 Å². The minimum atomic E-state index is -0.246. The first-order valence-corrected chi connectivity index (χ1v) is 16.4. The quantitative estimate of drug-likeness (QED) is 0.386. The molecule has 3 saturated carbocycles. The molecule has 0 aromatic heterocycles. The first-order chi connectivity index (χ1) is 19.0. The van der Waals surface area contributed by atoms with Crippen LogP contribution in [0.1, 0.15) is 123 Å². The molecule has 1 amide bonds. The largest absolute Gasteiger partial charge is 0.387 e. The van der Waals surface area contributed by atoms with Crippen LogP contribution < -0.4 is 10.6 Å². The molecule has 6 rings (SSSR count). The van der Waals surface area contributed by atoms with E-state index in [1.807, 2.05) is 6.08 Å². The van der Waals surface area contributed by atoms with Crippen molar-refractivity contribution in [3.63, 3.8) is 0 Å². The summed E-state index contributed by atoms with van der Waals surface area (Å²) >= 11 is 0. The fraction of sp³-hybridized carbons (Fsp3) is 0.722. The Morgan fingerprint density at radius 3 is 2.27 bits per heavy atom. The lowest BCUT2D eigenvalue weighted by Gasteiger charge is -2.58. The number of benzene rings is 1. The van der Waals surface area contributed by atoms with Crippen molar-refractivity contribution < 1.29 is 9.59 Å². The summed E-state index contributed by atoms with van der Waals surface area (Å²) in [4.78, 5) is 26.6. The Kier molecular flexibility index (Phi) is 7.02. The maximum atomic E-state index is 14.4. The molecule has 0 spiro atoms. The van der Waals surface area contributed by atoms with E-state index in [2.05, 4.69) is 69.5 Å². The average molecular weight is 545 g/mol. The molecule has 0 radical (unpaired) electrons. The van der Waals surface area contributed by atoms with Gasteiger partial charge in [-0.2, -0.15) is 0 Å². The molecular formula is C36H52N2O2. The number of nitrogens with one attached hydrogen (secondary N) is 2. The van der Waals surface area contributed by atoms with Crippen molar-refractivity contribution in [2.24, 2.45) is 34.5 Å². The number of hydrogen-bond donors (Lipinski definition) is 2. The Morgan fingerprint density at radius 1 is 0.900 bits per heavy atom. The molecule has 40 heavy (non-hydrogen) atoms. The first kappa shape index (κ1) is 28.0. The zero-order valence-electron chi connectivity index (χ0n) is 25.7. The van der Waals surface area contributed by atoms with Crippen LogP contribution in [0.3, 0.4) is 0 Å². The molecule has 6 atom stereocenters. The van der Waals surface area contributed by atoms with Crippen molar-refractivity contribution in [2.45, 2.75) is 123 Å². The van der Waals surface area contributed by atoms with E-state index in [0.717, 1.165) is 45.1 Å². The van der Waals surface area contributed by atoms with Gasteiger partial charge in [-0.25, -0.2) is 0 Å². The van der Waals surface area contributed by atoms with Gasteiger partial charge in [-0.15, -0.1) is 0 Å². The second-order valence-electron chi connectivity index (χ2n) is 15.7. The molecule has 1 aromatic rings. The molecule has 1 saturated heterocycles. The van der Waals surface area contributed by atoms with Crippen molar-refractivity contribution >= 4 is 11.7 Å². The molecule has 218 valence electrons. The summed E-state index contributed by atoms with van der Waals surface area (Å²) in [5.74, 6) is 2.44. The van der Waals surface area contributed by atoms with Crippen molar-refractivity contribution in [1.29, 1.82) is 0 Å². The highest BCUT2D eigenvalue weighted by Crippen LogP contribution is 2.64. The number of piperidine rings is 1. The van der Waals surface area contributed by atoms with Gasteiger partial charge in [0.25, 0.3) is 0 Å². The molecule has 1 heterocycles. The van der Waals surface area contributed by atoms with Crippen LogP contribution in [0, 0.1) is 34.5 Å². The lowest BCUT2D eigenvalue weighted by atomic mass is 9.50. The number of ketones is 1. The number of allylic oxidation sites excluding steroid dienone is 2. The predicted octanol–water partition coefficient (Wildman–Crippen LogP) is 7.56. The molecule has 1 aromatic carbocycles. The van der Waals surface area contributed by atoms with Gasteiger partial charge in [-0.05, 0) is 84.7 Å². The molecule has 0 bridgehead atoms. The Labute approximate surface area is 242 Å². The summed E-state index contributed by atoms with van der Waals surface area (Å²) in [7, 11) is 0. The van der Waals surface area contributed by atoms with Gasteiger partial charge < -0.3 is 10.6 Å². The van der Waals surface area contributed by atoms with Crippen molar-refractivity contribution in [3.8, 4) is 0 Å². The Balaban J connectivity index is 1.24. The number of rotatable bonds is 3. The summed E-state index contributed by atoms with van der Waals surface area (Å²) in [6, 6.07) is 9.21. The topological polar surface area (TPSA) is 58.2 Å². The van der Waals surface area contributed by atoms with Crippen LogP contribution in [0.15, 0.2) is 36.0 Å². The van der Waals surface area contributed by atoms with Crippen LogP contribution in [0.25, 0.3) is 0 Å². The fourth-order valence-electron chi connectivity index (χ4n) is 10.0. The highest BCUT2D eigenvalue weighted by Gasteiger charge is 2.60. The summed E-state index contributed by atoms with van der Waals surface area (Å²) < 4.78 is 0. The van der Waals surface area contributed by atoms with Gasteiger partial charge >= 0.3 is 0 Å². The van der Waals surface area contributed by atoms with Crippen LogP contribution >= 0.6 is 0 Å². The van der Waals surface area contributed by atoms with Crippen molar-refractivity contribution in [3.05, 3.63) is 47.2 Å². The van der Waals surface area contributed by atoms with Gasteiger partial charge in [-0.1, -0.05) is 84.6 Å². The van der Waals surface area contributed by atoms with Crippen LogP contribution in [-0.2, 0) is 20.5 Å². The SMILES string of the molecule is CC(C)(C)c1ccc(C2(NC(=O)C3CCC4C5CNC6=CC(=O)CCC6(C)C5CCC34C)CCCCCC2)cc1. The molecule has 5 aliphatic rings. The van der Waals surface area contributed by atoms with Crippen molar-refractivity contribution in [2.75, 3.05) is 6.54 Å². The summed E-state index contributed by atoms with van der Waals surface area (Å²) in [6.45, 7) is 12.6. The number of amides is 1. The summed E-state index contributed by atoms with van der Waals surface area (Å²) in [5, 5.41) is 7.50. The highest BCUT2D eigenvalue weighted by molar-refractivity contribution is 5.91. The third kappa shape index (κ3) is 4.56. The van der Waals surface area contributed by atoms with E-state index >= 15 is 0 Å². The van der Waals surface area contributed by atoms with E-state index < -0.39 is 0 Å². The second-order valence-corrected chi connectivity index (χ2v) is 15.7. The highest BCUT2D eigenvalue weighted by atomic mass is 16.2. The van der Waals surface area contributed by atoms with Gasteiger partial charge in [0.15, 0.2) is 5.78 Å². The number of hydrogen-bond acceptors (Lipinski definition) is 3. The monoisotopic (exact) mass is 544 g/mol. The van der Waals surface area contributed by atoms with Crippen LogP contribution in [0.2, 0.25) is 0 Å². The van der Waals surface area contributed by atoms with Gasteiger partial charge in [0.2, 0.25) is 5.91 Å². The minimum absolute atomic E-state index is 0.0526. The average Bonchev–Trinajstić information content (AvgIpc) is 3.10. The lowest BCUT2D eigenvalue weighted by Crippen LogP contribution is -2.58. The lowest BCUT2D eigenvalue weighted by molar-refractivity contribution is -0.134. The maximum absolute atomic E-state index is 14.4. The standard InChI is InChI=1S/C36H52N2O2/c1-33(2,3)24-10-12-25(13-11-24)36(18-8-6-7-9-19-36)38-32(40)30-15-14-28-27-23-37-31-22-26(39)16-20-35(31,5)29(27)17-21-34(28,30)4/h10-13,22,27-30,37H,6-9,14-21,23H2,1-5H3,(H,38,40). The summed E-state index contributed by atoms with van der Waals surface area (Å²) in [6.07, 6.45) is 15.0. The molecule has 4 nitrogen and oxygen atoms in total. The van der Waals surface area contributed by atoms with E-state index in [0.29, 0.717) is 30.1 Å². The van der Waals surface area contributed by atoms with E-state index in [1.54, 1.807) is 0 Å². The normalized spacial score (nSPS) is 37.2. The Morgan fingerprint density at radius 2 is 1.60 bits per heavy atom. The first-order valence-electron chi connectivity index (χ1n) is 16.4. The molecule has 4 heteroatoms. The molecule has 4 fully saturated rings. The van der Waals surface area contributed by atoms with Gasteiger partial charge in [-0.3, -0.25) is 9.59 Å². The second kappa shape index (κ2) is 10.0. The third-order valence-corrected chi connectivity index (χ3v) is 12.5. The van der Waals surface area contributed by atoms with Gasteiger partial charge in [0, 0.05) is 36.1 Å². The smallest absolute Gasteiger partial charge is 0.224 e. The summed E-state index contributed by atoms with van der Waals surface area (Å²) in [5.41, 5.74) is 3.86. The molecule has 2 N–H and O–H groups in total. The zero-order chi connectivity index (χ0) is 28.3. The third-order valence-electron chi connectivity index (χ3n) is 12.5. The van der Waals surface area contributed by atoms with Crippen LogP contribution in [0.5, 0.6) is 0 Å². The zero-order valence-corrected chi connectivity index (χ0v) is 25.7. The Hall–Kier alpha value is -2.10. The van der Waals surface area contributed by atoms with E-state index in [4.69, 9.17) is 0 Å². The van der Waals surface area contributed by atoms with E-state index in [9.17, 15) is 9.59 Å². The molecular weight excluding hydrogens is 492 g/mol. The van der Waals surface area contributed by atoms with E-state index in [1.165, 1.54) is 48.9 Å². The van der Waals surface area contributed by atoms with Crippen LogP contribution in [-0.4, -0.2) is 18.2 Å². The molecule has 1 aliphatic heterocycles. The van der Waals surface area contributed by atoms with Gasteiger partial charge in [0.05, 0.1) is 5.54 Å². The minimum Gasteiger partial charge on any atom is -0.387 e.